The van der Waals surface area contributed by atoms with E-state index in [2.05, 4.69) is 5.32 Å². The molecule has 1 aliphatic heterocycles. The summed E-state index contributed by atoms with van der Waals surface area (Å²) in [6.45, 7) is 1.27. The summed E-state index contributed by atoms with van der Waals surface area (Å²) in [6, 6.07) is 8.51. The predicted molar refractivity (Wildman–Crippen MR) is 133 cm³/mol. The Hall–Kier alpha value is -3.17. The van der Waals surface area contributed by atoms with Gasteiger partial charge in [0.05, 0.1) is 13.7 Å². The number of guanidine groups is 1. The van der Waals surface area contributed by atoms with E-state index in [1.807, 2.05) is 6.07 Å². The van der Waals surface area contributed by atoms with Gasteiger partial charge in [-0.25, -0.2) is 4.79 Å². The number of hydrogen-bond donors (Lipinski definition) is 4. The number of esters is 1. The van der Waals surface area contributed by atoms with Gasteiger partial charge >= 0.3 is 5.97 Å². The van der Waals surface area contributed by atoms with Gasteiger partial charge in [-0.15, -0.1) is 0 Å². The van der Waals surface area contributed by atoms with Crippen LogP contribution in [0.4, 0.5) is 0 Å². The second-order valence-electron chi connectivity index (χ2n) is 8.23. The highest BCUT2D eigenvalue weighted by molar-refractivity contribution is 6.35. The summed E-state index contributed by atoms with van der Waals surface area (Å²) in [5.41, 5.74) is 6.53. The summed E-state index contributed by atoms with van der Waals surface area (Å²) in [5.74, 6) is -1.16. The molecule has 1 atom stereocenters. The van der Waals surface area contributed by atoms with Crippen molar-refractivity contribution in [2.45, 2.75) is 25.3 Å². The van der Waals surface area contributed by atoms with E-state index in [9.17, 15) is 14.7 Å². The highest BCUT2D eigenvalue weighted by atomic mass is 35.5. The number of rotatable bonds is 8. The van der Waals surface area contributed by atoms with Gasteiger partial charge in [0, 0.05) is 41.2 Å². The number of likely N-dealkylation sites (tertiary alicyclic amines) is 1. The number of phenols is 1. The summed E-state index contributed by atoms with van der Waals surface area (Å²) in [5, 5.41) is 21.5. The van der Waals surface area contributed by atoms with Crippen LogP contribution in [-0.2, 0) is 16.0 Å². The average Bonchev–Trinajstić information content (AvgIpc) is 2.83. The molecule has 0 aliphatic carbocycles. The van der Waals surface area contributed by atoms with Crippen molar-refractivity contribution < 1.29 is 24.2 Å². The highest BCUT2D eigenvalue weighted by Gasteiger charge is 2.34. The van der Waals surface area contributed by atoms with Crippen LogP contribution in [0.3, 0.4) is 0 Å². The van der Waals surface area contributed by atoms with Crippen LogP contribution >= 0.6 is 23.2 Å². The summed E-state index contributed by atoms with van der Waals surface area (Å²) in [4.78, 5) is 27.1. The van der Waals surface area contributed by atoms with E-state index in [0.29, 0.717) is 48.1 Å². The van der Waals surface area contributed by atoms with Gasteiger partial charge in [0.15, 0.2) is 5.96 Å². The van der Waals surface area contributed by atoms with E-state index < -0.39 is 17.9 Å². The highest BCUT2D eigenvalue weighted by Crippen LogP contribution is 2.26. The van der Waals surface area contributed by atoms with Crippen molar-refractivity contribution in [3.8, 4) is 11.5 Å². The van der Waals surface area contributed by atoms with Crippen LogP contribution in [0, 0.1) is 11.3 Å². The van der Waals surface area contributed by atoms with E-state index in [-0.39, 0.29) is 29.8 Å². The number of halogens is 2. The lowest BCUT2D eigenvalue weighted by Gasteiger charge is -2.35. The topological polar surface area (TPSA) is 138 Å². The number of hydrogen-bond acceptors (Lipinski definition) is 6. The second kappa shape index (κ2) is 12.0. The molecule has 0 saturated carbocycles. The fraction of sp³-hybridized carbons (Fsp3) is 0.375. The molecule has 0 spiro atoms. The van der Waals surface area contributed by atoms with Crippen molar-refractivity contribution >= 4 is 41.0 Å². The molecule has 1 aliphatic rings. The Bertz CT molecular complexity index is 1090. The maximum Gasteiger partial charge on any atom is 0.328 e. The summed E-state index contributed by atoms with van der Waals surface area (Å²) in [6.07, 6.45) is 1.61. The number of carbonyl (C=O) groups is 2. The zero-order valence-corrected chi connectivity index (χ0v) is 20.7. The predicted octanol–water partition coefficient (Wildman–Crippen LogP) is 3.20. The smallest absolute Gasteiger partial charge is 0.328 e. The van der Waals surface area contributed by atoms with Crippen molar-refractivity contribution in [3.05, 3.63) is 57.6 Å². The number of carbonyl (C=O) groups excluding carboxylic acids is 2. The number of aromatic hydroxyl groups is 1. The van der Waals surface area contributed by atoms with Gasteiger partial charge in [-0.2, -0.15) is 0 Å². The Morgan fingerprint density at radius 1 is 1.23 bits per heavy atom. The number of piperidine rings is 1. The van der Waals surface area contributed by atoms with Crippen LogP contribution < -0.4 is 15.8 Å². The molecule has 3 rings (SSSR count). The lowest BCUT2D eigenvalue weighted by Crippen LogP contribution is -2.51. The molecule has 2 aromatic rings. The van der Waals surface area contributed by atoms with Gasteiger partial charge in [-0.1, -0.05) is 29.3 Å². The van der Waals surface area contributed by atoms with Crippen LogP contribution in [0.2, 0.25) is 10.0 Å². The first kappa shape index (κ1) is 26.4. The molecule has 35 heavy (non-hydrogen) atoms. The molecule has 1 heterocycles. The van der Waals surface area contributed by atoms with E-state index in [4.69, 9.17) is 43.8 Å². The third-order valence-corrected chi connectivity index (χ3v) is 6.49. The van der Waals surface area contributed by atoms with Crippen molar-refractivity contribution in [1.82, 2.24) is 10.2 Å². The van der Waals surface area contributed by atoms with Gasteiger partial charge in [-0.3, -0.25) is 10.2 Å². The van der Waals surface area contributed by atoms with Gasteiger partial charge < -0.3 is 30.5 Å². The van der Waals surface area contributed by atoms with Crippen molar-refractivity contribution in [2.75, 3.05) is 26.8 Å². The van der Waals surface area contributed by atoms with E-state index in [1.54, 1.807) is 17.0 Å². The first-order chi connectivity index (χ1) is 16.7. The molecule has 0 bridgehead atoms. The summed E-state index contributed by atoms with van der Waals surface area (Å²) in [7, 11) is 1.26. The number of benzene rings is 2. The number of nitrogens with zero attached hydrogens (tertiary/aromatic N) is 1. The van der Waals surface area contributed by atoms with Crippen LogP contribution in [0.5, 0.6) is 11.5 Å². The number of ether oxygens (including phenoxy) is 2. The molecule has 2 aromatic carbocycles. The maximum atomic E-state index is 13.0. The standard InChI is InChI=1S/C24H28Cl2N4O5/c1-34-23(33)21(15-4-7-30(8-5-15)24(27)28)29-22(32)16-10-18(31)13-19(11-16)35-9-6-14-2-3-17(25)12-20(14)26/h2-3,10-13,15,21,31H,4-9H2,1H3,(H3,27,28)(H,29,32)/t21-/m0/s1. The van der Waals surface area contributed by atoms with Gasteiger partial charge in [-0.05, 0) is 48.6 Å². The molecule has 9 nitrogen and oxygen atoms in total. The first-order valence-electron chi connectivity index (χ1n) is 11.1. The molecule has 11 heteroatoms. The van der Waals surface area contributed by atoms with E-state index in [0.717, 1.165) is 5.56 Å². The molecule has 0 aromatic heterocycles. The van der Waals surface area contributed by atoms with Crippen LogP contribution in [0.1, 0.15) is 28.8 Å². The molecular weight excluding hydrogens is 495 g/mol. The Morgan fingerprint density at radius 3 is 2.57 bits per heavy atom. The second-order valence-corrected chi connectivity index (χ2v) is 9.08. The van der Waals surface area contributed by atoms with Crippen LogP contribution in [0.15, 0.2) is 36.4 Å². The minimum atomic E-state index is -0.875. The number of amides is 1. The van der Waals surface area contributed by atoms with Crippen molar-refractivity contribution in [1.29, 1.82) is 5.41 Å². The maximum absolute atomic E-state index is 13.0. The van der Waals surface area contributed by atoms with E-state index >= 15 is 0 Å². The Morgan fingerprint density at radius 2 is 1.94 bits per heavy atom. The van der Waals surface area contributed by atoms with Crippen LogP contribution in [0.25, 0.3) is 0 Å². The Kier molecular flexibility index (Phi) is 9.06. The quantitative estimate of drug-likeness (QED) is 0.237. The Balaban J connectivity index is 1.66. The van der Waals surface area contributed by atoms with Crippen LogP contribution in [-0.4, -0.2) is 60.7 Å². The SMILES string of the molecule is COC(=O)[C@@H](NC(=O)c1cc(O)cc(OCCc2ccc(Cl)cc2Cl)c1)C1CCN(C(=N)N)CC1. The molecular formula is C24H28Cl2N4O5. The molecule has 1 amide bonds. The third-order valence-electron chi connectivity index (χ3n) is 5.90. The monoisotopic (exact) mass is 522 g/mol. The fourth-order valence-corrected chi connectivity index (χ4v) is 4.50. The largest absolute Gasteiger partial charge is 0.508 e. The summed E-state index contributed by atoms with van der Waals surface area (Å²) >= 11 is 12.1. The first-order valence-corrected chi connectivity index (χ1v) is 11.8. The van der Waals surface area contributed by atoms with Crippen molar-refractivity contribution in [2.24, 2.45) is 11.7 Å². The number of phenolic OH excluding ortho intramolecular Hbond substituents is 1. The summed E-state index contributed by atoms with van der Waals surface area (Å²) < 4.78 is 10.6. The Labute approximate surface area is 213 Å². The number of nitrogens with two attached hydrogens (primary N) is 1. The lowest BCUT2D eigenvalue weighted by molar-refractivity contribution is -0.144. The lowest BCUT2D eigenvalue weighted by atomic mass is 9.89. The molecule has 1 saturated heterocycles. The zero-order valence-electron chi connectivity index (χ0n) is 19.2. The van der Waals surface area contributed by atoms with Gasteiger partial charge in [0.2, 0.25) is 0 Å². The van der Waals surface area contributed by atoms with Gasteiger partial charge in [0.25, 0.3) is 5.91 Å². The normalized spacial score (nSPS) is 14.8. The molecule has 0 unspecified atom stereocenters. The van der Waals surface area contributed by atoms with Crippen molar-refractivity contribution in [3.63, 3.8) is 0 Å². The van der Waals surface area contributed by atoms with Gasteiger partial charge in [0.1, 0.15) is 17.5 Å². The fourth-order valence-electron chi connectivity index (χ4n) is 4.00. The molecule has 0 radical (unpaired) electrons. The minimum Gasteiger partial charge on any atom is -0.508 e. The average molecular weight is 523 g/mol. The number of nitrogens with one attached hydrogen (secondary N) is 2. The zero-order chi connectivity index (χ0) is 25.5. The molecule has 5 N–H and O–H groups in total. The molecule has 188 valence electrons. The number of methoxy groups -OCH3 is 1. The van der Waals surface area contributed by atoms with E-state index in [1.165, 1.54) is 25.3 Å². The third kappa shape index (κ3) is 7.16. The minimum absolute atomic E-state index is 0.0206. The molecule has 1 fully saturated rings.